The number of hydrogen-bond acceptors (Lipinski definition) is 1. The van der Waals surface area contributed by atoms with Gasteiger partial charge >= 0.3 is 0 Å². The van der Waals surface area contributed by atoms with Crippen LogP contribution in [-0.2, 0) is 6.37 Å². The Kier molecular flexibility index (Phi) is 4.52. The fourth-order valence-corrected chi connectivity index (χ4v) is 6.67. The summed E-state index contributed by atoms with van der Waals surface area (Å²) in [5, 5.41) is 0.496. The van der Waals surface area contributed by atoms with Gasteiger partial charge in [-0.05, 0) is 90.3 Å². The summed E-state index contributed by atoms with van der Waals surface area (Å²) in [6.07, 6.45) is -2.76. The van der Waals surface area contributed by atoms with Crippen LogP contribution in [0.2, 0.25) is 0 Å². The highest BCUT2D eigenvalue weighted by atomic mass is 15.1. The predicted molar refractivity (Wildman–Crippen MR) is 207 cm³/mol. The quantitative estimate of drug-likeness (QED) is 0.166. The van der Waals surface area contributed by atoms with Crippen molar-refractivity contribution in [3.05, 3.63) is 182 Å². The molecule has 0 aliphatic carbocycles. The number of benzene rings is 8. The molecule has 0 unspecified atom stereocenters. The summed E-state index contributed by atoms with van der Waals surface area (Å²) < 4.78 is 114. The van der Waals surface area contributed by atoms with E-state index in [9.17, 15) is 5.48 Å². The minimum Gasteiger partial charge on any atom is -0.296 e. The third-order valence-corrected chi connectivity index (χ3v) is 8.96. The lowest BCUT2D eigenvalue weighted by molar-refractivity contribution is 0.908. The zero-order valence-corrected chi connectivity index (χ0v) is 26.0. The number of fused-ring (bicyclic) bond motifs is 3. The van der Waals surface area contributed by atoms with Crippen LogP contribution in [0.1, 0.15) is 30.5 Å². The molecule has 0 N–H and O–H groups in total. The second-order valence-corrected chi connectivity index (χ2v) is 11.7. The zero-order chi connectivity index (χ0) is 44.0. The lowest BCUT2D eigenvalue weighted by Crippen LogP contribution is -1.99. The summed E-state index contributed by atoms with van der Waals surface area (Å²) in [7, 11) is 0. The van der Waals surface area contributed by atoms with Gasteiger partial charge in [-0.2, -0.15) is 0 Å². The molecule has 0 saturated carbocycles. The van der Waals surface area contributed by atoms with E-state index in [1.165, 1.54) is 4.57 Å². The second kappa shape index (κ2) is 12.1. The van der Waals surface area contributed by atoms with Gasteiger partial charge in [-0.3, -0.25) is 4.57 Å². The van der Waals surface area contributed by atoms with E-state index in [4.69, 9.17) is 12.3 Å². The Morgan fingerprint density at radius 3 is 1.45 bits per heavy atom. The third kappa shape index (κ3) is 5.01. The summed E-state index contributed by atoms with van der Waals surface area (Å²) in [4.78, 5) is 4.40. The minimum atomic E-state index is -2.98. The predicted octanol–water partition coefficient (Wildman–Crippen LogP) is 12.6. The van der Waals surface area contributed by atoms with Crippen LogP contribution in [0, 0.1) is 0 Å². The van der Waals surface area contributed by atoms with Crippen molar-refractivity contribution < 1.29 is 17.8 Å². The summed E-state index contributed by atoms with van der Waals surface area (Å²) in [6.45, 7) is -2.98. The van der Waals surface area contributed by atoms with Crippen LogP contribution in [0.15, 0.2) is 176 Å². The Hall–Kier alpha value is -6.25. The van der Waals surface area contributed by atoms with E-state index in [1.807, 2.05) is 54.6 Å². The van der Waals surface area contributed by atoms with Crippen LogP contribution in [0.3, 0.4) is 0 Å². The van der Waals surface area contributed by atoms with E-state index >= 15 is 0 Å². The van der Waals surface area contributed by atoms with Gasteiger partial charge in [-0.1, -0.05) is 158 Å². The third-order valence-electron chi connectivity index (χ3n) is 8.96. The molecule has 0 aliphatic heterocycles. The standard InChI is InChI=1S/C47H34N2/c1-2-45-48-43-18-10-11-19-44(43)49(45)38-30-28-35(29-31-38)34-22-26-37(27-23-34)47-41-16-8-6-14-39(41)46(40-15-7-9-17-42(40)47)36-24-20-33(21-25-36)32-12-4-3-5-13-32/h3-31H,2H2,1H3/i1D3,2D2,6D,7D,8D,9D,14D,15D,16D,17D. The van der Waals surface area contributed by atoms with Gasteiger partial charge in [0, 0.05) is 18.9 Å². The molecule has 0 saturated heterocycles. The van der Waals surface area contributed by atoms with Crippen LogP contribution in [0.4, 0.5) is 0 Å². The van der Waals surface area contributed by atoms with Crippen LogP contribution in [0.25, 0.3) is 82.8 Å². The van der Waals surface area contributed by atoms with Gasteiger partial charge in [-0.25, -0.2) is 4.98 Å². The maximum absolute atomic E-state index is 9.27. The van der Waals surface area contributed by atoms with E-state index in [0.29, 0.717) is 27.8 Å². The molecule has 0 amide bonds. The Labute approximate surface area is 304 Å². The number of nitrogens with zero attached hydrogens (tertiary/aromatic N) is 2. The molecule has 0 aliphatic rings. The first-order valence-corrected chi connectivity index (χ1v) is 15.8. The fraction of sp³-hybridized carbons (Fsp3) is 0.0426. The molecule has 0 atom stereocenters. The van der Waals surface area contributed by atoms with Crippen LogP contribution in [-0.4, -0.2) is 9.55 Å². The summed E-state index contributed by atoms with van der Waals surface area (Å²) in [5.41, 5.74) is 6.32. The number of rotatable bonds is 6. The molecular weight excluding hydrogens is 593 g/mol. The maximum atomic E-state index is 9.27. The van der Waals surface area contributed by atoms with Gasteiger partial charge in [0.1, 0.15) is 5.82 Å². The minimum absolute atomic E-state index is 0.119. The van der Waals surface area contributed by atoms with E-state index in [-0.39, 0.29) is 62.7 Å². The van der Waals surface area contributed by atoms with Crippen LogP contribution in [0.5, 0.6) is 0 Å². The number of aromatic nitrogens is 2. The van der Waals surface area contributed by atoms with Crippen molar-refractivity contribution in [2.75, 3.05) is 0 Å². The second-order valence-electron chi connectivity index (χ2n) is 11.7. The number of para-hydroxylation sites is 2. The molecule has 0 radical (unpaired) electrons. The number of imidazole rings is 1. The van der Waals surface area contributed by atoms with E-state index in [1.54, 1.807) is 72.8 Å². The molecule has 1 aromatic heterocycles. The van der Waals surface area contributed by atoms with E-state index in [2.05, 4.69) is 4.98 Å². The van der Waals surface area contributed by atoms with Crippen LogP contribution < -0.4 is 0 Å². The van der Waals surface area contributed by atoms with Gasteiger partial charge in [0.15, 0.2) is 0 Å². The fourth-order valence-electron chi connectivity index (χ4n) is 6.67. The Morgan fingerprint density at radius 2 is 0.939 bits per heavy atom. The van der Waals surface area contributed by atoms with E-state index < -0.39 is 37.4 Å². The van der Waals surface area contributed by atoms with Crippen molar-refractivity contribution in [1.29, 1.82) is 0 Å². The van der Waals surface area contributed by atoms with Gasteiger partial charge in [0.2, 0.25) is 0 Å². The van der Waals surface area contributed by atoms with Crippen molar-refractivity contribution in [2.45, 2.75) is 13.2 Å². The summed E-state index contributed by atoms with van der Waals surface area (Å²) in [6, 6.07) is 35.0. The van der Waals surface area contributed by atoms with Crippen molar-refractivity contribution in [3.8, 4) is 50.2 Å². The van der Waals surface area contributed by atoms with Gasteiger partial charge in [0.25, 0.3) is 0 Å². The molecule has 0 bridgehead atoms. The van der Waals surface area contributed by atoms with Crippen molar-refractivity contribution in [2.24, 2.45) is 0 Å². The molecule has 9 rings (SSSR count). The Balaban J connectivity index is 1.23. The van der Waals surface area contributed by atoms with Crippen molar-refractivity contribution in [3.63, 3.8) is 0 Å². The highest BCUT2D eigenvalue weighted by Crippen LogP contribution is 2.44. The topological polar surface area (TPSA) is 17.8 Å². The first-order chi connectivity index (χ1) is 29.5. The summed E-state index contributed by atoms with van der Waals surface area (Å²) >= 11 is 0. The molecule has 9 aromatic rings. The lowest BCUT2D eigenvalue weighted by Gasteiger charge is -2.18. The van der Waals surface area contributed by atoms with Gasteiger partial charge in [-0.15, -0.1) is 0 Å². The molecule has 0 spiro atoms. The zero-order valence-electron chi connectivity index (χ0n) is 39.0. The van der Waals surface area contributed by atoms with Crippen molar-refractivity contribution >= 4 is 32.6 Å². The van der Waals surface area contributed by atoms with E-state index in [0.717, 1.165) is 22.3 Å². The molecule has 49 heavy (non-hydrogen) atoms. The normalized spacial score (nSPS) is 15.8. The molecule has 2 heteroatoms. The molecule has 8 aromatic carbocycles. The average molecular weight is 640 g/mol. The molecule has 1 heterocycles. The smallest absolute Gasteiger partial charge is 0.114 e. The van der Waals surface area contributed by atoms with Crippen molar-refractivity contribution in [1.82, 2.24) is 9.55 Å². The SMILES string of the molecule is [2H]c1c([2H])c([2H])c2c(-c3ccc(-c4ccc(-n5c(C([2H])([2H])C([2H])([2H])[2H])nc6ccccc65)cc4)cc3)c3c([2H])c([2H])c([2H])c([2H])c3c(-c3ccc(-c4ccccc4)cc3)c2c1[2H]. The number of aryl methyl sites for hydroxylation is 1. The largest absolute Gasteiger partial charge is 0.296 e. The first-order valence-electron chi connectivity index (χ1n) is 22.3. The average Bonchev–Trinajstić information content (AvgIpc) is 3.68. The molecule has 0 fully saturated rings. The lowest BCUT2D eigenvalue weighted by atomic mass is 9.85. The number of hydrogen-bond donors (Lipinski definition) is 0. The van der Waals surface area contributed by atoms with Crippen LogP contribution >= 0.6 is 0 Å². The van der Waals surface area contributed by atoms with Gasteiger partial charge in [0.05, 0.1) is 22.0 Å². The first kappa shape index (κ1) is 18.3. The molecule has 232 valence electrons. The highest BCUT2D eigenvalue weighted by molar-refractivity contribution is 6.21. The maximum Gasteiger partial charge on any atom is 0.114 e. The molecular formula is C47H34N2. The Morgan fingerprint density at radius 1 is 0.510 bits per heavy atom. The summed E-state index contributed by atoms with van der Waals surface area (Å²) in [5.74, 6) is -0.249. The molecule has 2 nitrogen and oxygen atoms in total. The monoisotopic (exact) mass is 639 g/mol. The Bertz CT molecular complexity index is 3170. The highest BCUT2D eigenvalue weighted by Gasteiger charge is 2.17. The van der Waals surface area contributed by atoms with Gasteiger partial charge < -0.3 is 0 Å².